The predicted molar refractivity (Wildman–Crippen MR) is 161 cm³/mol. The van der Waals surface area contributed by atoms with Crippen LogP contribution in [-0.2, 0) is 11.3 Å². The van der Waals surface area contributed by atoms with Crippen LogP contribution in [0.15, 0.2) is 97.2 Å². The van der Waals surface area contributed by atoms with E-state index in [-0.39, 0.29) is 36.0 Å². The van der Waals surface area contributed by atoms with Crippen molar-refractivity contribution in [1.29, 1.82) is 0 Å². The fraction of sp³-hybridized carbons (Fsp3) is 0.219. The number of aliphatic carboxylic acids is 1. The molecule has 1 N–H and O–H groups in total. The Morgan fingerprint density at radius 1 is 0.857 bits per heavy atom. The van der Waals surface area contributed by atoms with Gasteiger partial charge < -0.3 is 19.8 Å². The van der Waals surface area contributed by atoms with Crippen LogP contribution in [0.3, 0.4) is 0 Å². The van der Waals surface area contributed by atoms with Crippen molar-refractivity contribution in [3.63, 3.8) is 0 Å². The third kappa shape index (κ3) is 6.72. The molecule has 42 heavy (non-hydrogen) atoms. The van der Waals surface area contributed by atoms with Gasteiger partial charge in [-0.1, -0.05) is 48.5 Å². The lowest BCUT2D eigenvalue weighted by atomic mass is 10.0. The first-order valence-electron chi connectivity index (χ1n) is 13.7. The summed E-state index contributed by atoms with van der Waals surface area (Å²) >= 11 is 0. The molecule has 0 bridgehead atoms. The average molecular weight is 566 g/mol. The molecule has 0 aliphatic carbocycles. The van der Waals surface area contributed by atoms with Gasteiger partial charge in [0.25, 0.3) is 11.6 Å². The number of carboxylic acid groups (broad SMARTS) is 1. The lowest BCUT2D eigenvalue weighted by Crippen LogP contribution is -2.47. The Morgan fingerprint density at radius 2 is 1.57 bits per heavy atom. The summed E-state index contributed by atoms with van der Waals surface area (Å²) in [4.78, 5) is 46.4. The lowest BCUT2D eigenvalue weighted by molar-refractivity contribution is -0.384. The molecule has 0 atom stereocenters. The smallest absolute Gasteiger partial charge is 0.305 e. The highest BCUT2D eigenvalue weighted by Gasteiger charge is 2.25. The quantitative estimate of drug-likeness (QED) is 0.208. The molecule has 3 aromatic carbocycles. The minimum Gasteiger partial charge on any atom is -0.481 e. The van der Waals surface area contributed by atoms with E-state index in [2.05, 4.69) is 9.88 Å². The number of carbonyl (C=O) groups is 2. The van der Waals surface area contributed by atoms with Gasteiger partial charge in [-0.25, -0.2) is 4.98 Å². The summed E-state index contributed by atoms with van der Waals surface area (Å²) in [5.74, 6) is -0.348. The van der Waals surface area contributed by atoms with Crippen LogP contribution in [0.25, 0.3) is 11.1 Å². The van der Waals surface area contributed by atoms with Gasteiger partial charge in [0.2, 0.25) is 0 Å². The largest absolute Gasteiger partial charge is 0.481 e. The number of rotatable bonds is 10. The van der Waals surface area contributed by atoms with Crippen LogP contribution >= 0.6 is 0 Å². The molecule has 1 aliphatic rings. The van der Waals surface area contributed by atoms with Crippen molar-refractivity contribution in [3.05, 3.63) is 118 Å². The summed E-state index contributed by atoms with van der Waals surface area (Å²) < 4.78 is 0. The van der Waals surface area contributed by atoms with E-state index >= 15 is 0 Å². The number of amides is 1. The summed E-state index contributed by atoms with van der Waals surface area (Å²) in [5, 5.41) is 21.4. The molecule has 0 radical (unpaired) electrons. The maximum absolute atomic E-state index is 13.2. The molecular formula is C32H31N5O5. The Kier molecular flexibility index (Phi) is 8.72. The monoisotopic (exact) mass is 565 g/mol. The Hall–Kier alpha value is -5.25. The van der Waals surface area contributed by atoms with Gasteiger partial charge in [-0.15, -0.1) is 0 Å². The van der Waals surface area contributed by atoms with E-state index in [9.17, 15) is 24.8 Å². The highest BCUT2D eigenvalue weighted by atomic mass is 16.6. The standard InChI is InChI=1S/C32H31N5O5/c38-31(39)14-16-36(32(40)25-8-2-1-3-9-25)23-24-7-6-10-26(21-24)27-12-13-28(29(22-27)37(41)42)34-17-19-35(20-18-34)30-11-4-5-15-33-30/h1-13,15,21-22H,14,16-20,23H2,(H,38,39). The molecule has 214 valence electrons. The average Bonchev–Trinajstić information content (AvgIpc) is 3.03. The Labute approximate surface area is 243 Å². The number of hydrogen-bond acceptors (Lipinski definition) is 7. The first-order chi connectivity index (χ1) is 20.4. The van der Waals surface area contributed by atoms with Gasteiger partial charge in [-0.05, 0) is 53.1 Å². The van der Waals surface area contributed by atoms with Crippen molar-refractivity contribution in [2.45, 2.75) is 13.0 Å². The van der Waals surface area contributed by atoms with Crippen LogP contribution < -0.4 is 9.80 Å². The van der Waals surface area contributed by atoms with Gasteiger partial charge in [0.05, 0.1) is 11.3 Å². The molecular weight excluding hydrogens is 534 g/mol. The summed E-state index contributed by atoms with van der Waals surface area (Å²) in [6.45, 7) is 2.94. The van der Waals surface area contributed by atoms with E-state index in [1.165, 1.54) is 4.90 Å². The number of carboxylic acids is 1. The molecule has 1 aromatic heterocycles. The van der Waals surface area contributed by atoms with E-state index in [1.807, 2.05) is 59.5 Å². The van der Waals surface area contributed by atoms with Gasteiger partial charge in [0.15, 0.2) is 0 Å². The number of nitrogens with zero attached hydrogens (tertiary/aromatic N) is 5. The highest BCUT2D eigenvalue weighted by Crippen LogP contribution is 2.34. The number of aromatic nitrogens is 1. The number of nitro benzene ring substituents is 1. The number of nitro groups is 1. The number of benzene rings is 3. The van der Waals surface area contributed by atoms with Gasteiger partial charge >= 0.3 is 5.97 Å². The normalized spacial score (nSPS) is 13.0. The van der Waals surface area contributed by atoms with Gasteiger partial charge in [0, 0.05) is 57.1 Å². The minimum atomic E-state index is -0.986. The fourth-order valence-electron chi connectivity index (χ4n) is 5.15. The third-order valence-electron chi connectivity index (χ3n) is 7.30. The van der Waals surface area contributed by atoms with Crippen LogP contribution in [0.2, 0.25) is 0 Å². The Balaban J connectivity index is 1.35. The third-order valence-corrected chi connectivity index (χ3v) is 7.30. The zero-order valence-corrected chi connectivity index (χ0v) is 23.0. The molecule has 1 amide bonds. The summed E-state index contributed by atoms with van der Waals surface area (Å²) in [5.41, 5.74) is 3.34. The minimum absolute atomic E-state index is 0.0338. The van der Waals surface area contributed by atoms with Crippen LogP contribution in [-0.4, -0.2) is 64.5 Å². The molecule has 0 unspecified atom stereocenters. The molecule has 10 heteroatoms. The number of hydrogen-bond donors (Lipinski definition) is 1. The molecule has 10 nitrogen and oxygen atoms in total. The van der Waals surface area contributed by atoms with E-state index in [4.69, 9.17) is 0 Å². The van der Waals surface area contributed by atoms with Gasteiger partial charge in [-0.3, -0.25) is 19.7 Å². The Bertz CT molecular complexity index is 1560. The number of carbonyl (C=O) groups excluding carboxylic acids is 1. The van der Waals surface area contributed by atoms with Crippen molar-refractivity contribution in [2.24, 2.45) is 0 Å². The second kappa shape index (κ2) is 12.9. The molecule has 5 rings (SSSR count). The van der Waals surface area contributed by atoms with Crippen molar-refractivity contribution >= 4 is 29.1 Å². The second-order valence-corrected chi connectivity index (χ2v) is 10.1. The van der Waals surface area contributed by atoms with E-state index in [1.54, 1.807) is 42.6 Å². The van der Waals surface area contributed by atoms with Crippen LogP contribution in [0.5, 0.6) is 0 Å². The zero-order chi connectivity index (χ0) is 29.5. The van der Waals surface area contributed by atoms with Crippen molar-refractivity contribution in [2.75, 3.05) is 42.5 Å². The highest BCUT2D eigenvalue weighted by molar-refractivity contribution is 5.94. The maximum Gasteiger partial charge on any atom is 0.305 e. The maximum atomic E-state index is 13.2. The first kappa shape index (κ1) is 28.3. The molecule has 1 fully saturated rings. The number of anilines is 2. The van der Waals surface area contributed by atoms with Crippen LogP contribution in [0.4, 0.5) is 17.2 Å². The fourth-order valence-corrected chi connectivity index (χ4v) is 5.15. The van der Waals surface area contributed by atoms with Gasteiger partial charge in [-0.2, -0.15) is 0 Å². The van der Waals surface area contributed by atoms with Crippen molar-refractivity contribution < 1.29 is 19.6 Å². The molecule has 4 aromatic rings. The van der Waals surface area contributed by atoms with Crippen molar-refractivity contribution in [3.8, 4) is 11.1 Å². The van der Waals surface area contributed by atoms with E-state index in [0.29, 0.717) is 43.0 Å². The SMILES string of the molecule is O=C(O)CCN(Cc1cccc(-c2ccc(N3CCN(c4ccccn4)CC3)c([N+](=O)[O-])c2)c1)C(=O)c1ccccc1. The summed E-state index contributed by atoms with van der Waals surface area (Å²) in [6.07, 6.45) is 1.58. The molecule has 2 heterocycles. The van der Waals surface area contributed by atoms with E-state index in [0.717, 1.165) is 16.9 Å². The van der Waals surface area contributed by atoms with Crippen LogP contribution in [0, 0.1) is 10.1 Å². The first-order valence-corrected chi connectivity index (χ1v) is 13.7. The predicted octanol–water partition coefficient (Wildman–Crippen LogP) is 5.10. The molecule has 0 spiro atoms. The summed E-state index contributed by atoms with van der Waals surface area (Å²) in [7, 11) is 0. The number of pyridine rings is 1. The lowest BCUT2D eigenvalue weighted by Gasteiger charge is -2.36. The molecule has 1 saturated heterocycles. The summed E-state index contributed by atoms with van der Waals surface area (Å²) in [6, 6.07) is 27.3. The van der Waals surface area contributed by atoms with Crippen LogP contribution in [0.1, 0.15) is 22.3 Å². The topological polar surface area (TPSA) is 120 Å². The van der Waals surface area contributed by atoms with Gasteiger partial charge in [0.1, 0.15) is 11.5 Å². The zero-order valence-electron chi connectivity index (χ0n) is 23.0. The number of piperazine rings is 1. The molecule has 1 aliphatic heterocycles. The van der Waals surface area contributed by atoms with E-state index < -0.39 is 5.97 Å². The Morgan fingerprint density at radius 3 is 2.26 bits per heavy atom. The second-order valence-electron chi connectivity index (χ2n) is 10.1. The van der Waals surface area contributed by atoms with Crippen molar-refractivity contribution in [1.82, 2.24) is 9.88 Å². The molecule has 0 saturated carbocycles.